The Morgan fingerprint density at radius 2 is 1.04 bits per heavy atom. The first-order valence-corrected chi connectivity index (χ1v) is 18.6. The van der Waals surface area contributed by atoms with Gasteiger partial charge in [-0.15, -0.1) is 0 Å². The van der Waals surface area contributed by atoms with Crippen molar-refractivity contribution in [2.75, 3.05) is 19.8 Å². The molecule has 45 heavy (non-hydrogen) atoms. The minimum Gasteiger partial charge on any atom is -0.375 e. The summed E-state index contributed by atoms with van der Waals surface area (Å²) in [5.74, 6) is 0.120. The molecule has 0 aliphatic carbocycles. The number of ether oxygens (including phenoxy) is 2. The van der Waals surface area contributed by atoms with Crippen LogP contribution in [-0.2, 0) is 19.1 Å². The van der Waals surface area contributed by atoms with Crippen LogP contribution < -0.4 is 16.4 Å². The molecule has 0 saturated carbocycles. The highest BCUT2D eigenvalue weighted by Crippen LogP contribution is 2.20. The average Bonchev–Trinajstić information content (AvgIpc) is 2.92. The summed E-state index contributed by atoms with van der Waals surface area (Å²) in [4.78, 5) is 25.0. The van der Waals surface area contributed by atoms with Gasteiger partial charge in [0, 0.05) is 31.5 Å². The van der Waals surface area contributed by atoms with Gasteiger partial charge in [-0.05, 0) is 81.1 Å². The smallest absolute Gasteiger partial charge is 0.220 e. The van der Waals surface area contributed by atoms with E-state index in [4.69, 9.17) is 15.2 Å². The van der Waals surface area contributed by atoms with Crippen LogP contribution in [0.5, 0.6) is 0 Å². The zero-order valence-corrected chi connectivity index (χ0v) is 31.5. The second kappa shape index (κ2) is 24.0. The summed E-state index contributed by atoms with van der Waals surface area (Å²) in [5, 5.41) is 6.17. The number of carbonyl (C=O) groups is 2. The molecule has 7 nitrogen and oxygen atoms in total. The van der Waals surface area contributed by atoms with E-state index < -0.39 is 11.1 Å². The van der Waals surface area contributed by atoms with Crippen molar-refractivity contribution >= 4 is 11.8 Å². The van der Waals surface area contributed by atoms with Gasteiger partial charge in [0.1, 0.15) is 0 Å². The van der Waals surface area contributed by atoms with Crippen LogP contribution in [0.4, 0.5) is 0 Å². The van der Waals surface area contributed by atoms with E-state index >= 15 is 0 Å². The van der Waals surface area contributed by atoms with Gasteiger partial charge in [-0.3, -0.25) is 9.59 Å². The number of hydrogen-bond acceptors (Lipinski definition) is 5. The van der Waals surface area contributed by atoms with Gasteiger partial charge >= 0.3 is 0 Å². The van der Waals surface area contributed by atoms with Crippen molar-refractivity contribution < 1.29 is 19.1 Å². The van der Waals surface area contributed by atoms with Gasteiger partial charge in [-0.2, -0.15) is 0 Å². The van der Waals surface area contributed by atoms with Crippen LogP contribution in [0.3, 0.4) is 0 Å². The molecule has 2 amide bonds. The predicted molar refractivity (Wildman–Crippen MR) is 192 cm³/mol. The molecule has 0 aromatic rings. The standard InChI is InChI=1S/C38H77N3O4/c1-10-11-12-13-14-15-16-17-18-19-20-21-22-23-24-25-34(43)41-36(4,5)32-45-38(8,9)28-30-40-33(42)26-27-37(6,7)44-31-29-35(2,3)39/h10-32,39H2,1-9H3,(H,40,42)(H,41,43). The van der Waals surface area contributed by atoms with Gasteiger partial charge in [0.2, 0.25) is 11.8 Å². The third-order valence-electron chi connectivity index (χ3n) is 8.55. The third-order valence-corrected chi connectivity index (χ3v) is 8.55. The lowest BCUT2D eigenvalue weighted by Gasteiger charge is -2.33. The van der Waals surface area contributed by atoms with E-state index in [-0.39, 0.29) is 23.0 Å². The number of rotatable bonds is 30. The van der Waals surface area contributed by atoms with Crippen molar-refractivity contribution in [3.63, 3.8) is 0 Å². The van der Waals surface area contributed by atoms with E-state index in [1.165, 1.54) is 83.5 Å². The summed E-state index contributed by atoms with van der Waals surface area (Å²) < 4.78 is 12.2. The maximum Gasteiger partial charge on any atom is 0.220 e. The molecule has 0 radical (unpaired) electrons. The minimum atomic E-state index is -0.447. The minimum absolute atomic E-state index is 0.0213. The predicted octanol–water partition coefficient (Wildman–Crippen LogP) is 9.15. The van der Waals surface area contributed by atoms with Crippen LogP contribution in [-0.4, -0.2) is 53.9 Å². The second-order valence-electron chi connectivity index (χ2n) is 16.1. The summed E-state index contributed by atoms with van der Waals surface area (Å²) in [6, 6.07) is 0. The molecule has 0 aliphatic heterocycles. The zero-order valence-electron chi connectivity index (χ0n) is 31.5. The zero-order chi connectivity index (χ0) is 34.2. The largest absolute Gasteiger partial charge is 0.375 e. The molecule has 0 fully saturated rings. The van der Waals surface area contributed by atoms with E-state index in [9.17, 15) is 9.59 Å². The van der Waals surface area contributed by atoms with Crippen LogP contribution in [0, 0.1) is 0 Å². The molecule has 0 aromatic heterocycles. The lowest BCUT2D eigenvalue weighted by Crippen LogP contribution is -2.49. The molecule has 0 aliphatic rings. The van der Waals surface area contributed by atoms with Crippen molar-refractivity contribution in [3.8, 4) is 0 Å². The number of amides is 2. The number of unbranched alkanes of at least 4 members (excludes halogenated alkanes) is 14. The fraction of sp³-hybridized carbons (Fsp3) is 0.947. The Morgan fingerprint density at radius 3 is 1.53 bits per heavy atom. The molecular weight excluding hydrogens is 562 g/mol. The molecule has 0 saturated heterocycles. The maximum absolute atomic E-state index is 12.6. The van der Waals surface area contributed by atoms with Crippen molar-refractivity contribution in [1.82, 2.24) is 10.6 Å². The summed E-state index contributed by atoms with van der Waals surface area (Å²) in [7, 11) is 0. The molecule has 0 spiro atoms. The number of hydrogen-bond donors (Lipinski definition) is 3. The van der Waals surface area contributed by atoms with Crippen molar-refractivity contribution in [1.29, 1.82) is 0 Å². The Morgan fingerprint density at radius 1 is 0.578 bits per heavy atom. The molecule has 4 N–H and O–H groups in total. The number of carbonyl (C=O) groups excluding carboxylic acids is 2. The lowest BCUT2D eigenvalue weighted by molar-refractivity contribution is -0.126. The summed E-state index contributed by atoms with van der Waals surface area (Å²) in [6.45, 7) is 19.9. The van der Waals surface area contributed by atoms with E-state index in [0.717, 1.165) is 19.3 Å². The van der Waals surface area contributed by atoms with Crippen molar-refractivity contribution in [2.24, 2.45) is 5.73 Å². The summed E-state index contributed by atoms with van der Waals surface area (Å²) >= 11 is 0. The first kappa shape index (κ1) is 43.8. The van der Waals surface area contributed by atoms with E-state index in [1.807, 2.05) is 55.4 Å². The topological polar surface area (TPSA) is 103 Å². The van der Waals surface area contributed by atoms with Crippen LogP contribution in [0.25, 0.3) is 0 Å². The summed E-state index contributed by atoms with van der Waals surface area (Å²) in [6.07, 6.45) is 22.9. The molecular formula is C38H77N3O4. The second-order valence-corrected chi connectivity index (χ2v) is 16.1. The highest BCUT2D eigenvalue weighted by Gasteiger charge is 2.27. The Kier molecular flexibility index (Phi) is 23.4. The Labute approximate surface area is 279 Å². The normalized spacial score (nSPS) is 12.8. The molecule has 0 heterocycles. The number of nitrogens with two attached hydrogens (primary N) is 1. The van der Waals surface area contributed by atoms with Gasteiger partial charge in [0.25, 0.3) is 0 Å². The van der Waals surface area contributed by atoms with Crippen molar-refractivity contribution in [3.05, 3.63) is 0 Å². The monoisotopic (exact) mass is 640 g/mol. The molecule has 0 unspecified atom stereocenters. The fourth-order valence-electron chi connectivity index (χ4n) is 5.25. The van der Waals surface area contributed by atoms with Crippen molar-refractivity contribution in [2.45, 2.75) is 213 Å². The Bertz CT molecular complexity index is 759. The fourth-order valence-corrected chi connectivity index (χ4v) is 5.25. The lowest BCUT2D eigenvalue weighted by atomic mass is 10.0. The first-order valence-electron chi connectivity index (χ1n) is 18.6. The van der Waals surface area contributed by atoms with Crippen LogP contribution in [0.15, 0.2) is 0 Å². The Balaban J connectivity index is 3.94. The number of nitrogens with one attached hydrogen (secondary N) is 2. The molecule has 0 rings (SSSR count). The van der Waals surface area contributed by atoms with Crippen LogP contribution in [0.1, 0.15) is 191 Å². The SMILES string of the molecule is CCCCCCCCCCCCCCCCCC(=O)NC(C)(C)COC(C)(C)CCNC(=O)CCC(C)(C)OCCC(C)(C)N. The van der Waals surface area contributed by atoms with Crippen LogP contribution in [0.2, 0.25) is 0 Å². The summed E-state index contributed by atoms with van der Waals surface area (Å²) in [5.41, 5.74) is 4.54. The molecule has 0 atom stereocenters. The average molecular weight is 640 g/mol. The van der Waals surface area contributed by atoms with E-state index in [2.05, 4.69) is 17.6 Å². The van der Waals surface area contributed by atoms with E-state index in [0.29, 0.717) is 45.4 Å². The van der Waals surface area contributed by atoms with Gasteiger partial charge < -0.3 is 25.8 Å². The molecule has 268 valence electrons. The maximum atomic E-state index is 12.6. The van der Waals surface area contributed by atoms with E-state index in [1.54, 1.807) is 0 Å². The quantitative estimate of drug-likeness (QED) is 0.0680. The first-order chi connectivity index (χ1) is 21.0. The Hall–Kier alpha value is -1.18. The molecule has 0 bridgehead atoms. The van der Waals surface area contributed by atoms with Gasteiger partial charge in [-0.1, -0.05) is 96.8 Å². The van der Waals surface area contributed by atoms with Gasteiger partial charge in [-0.25, -0.2) is 0 Å². The van der Waals surface area contributed by atoms with Gasteiger partial charge in [0.05, 0.1) is 23.3 Å². The molecule has 0 aromatic carbocycles. The highest BCUT2D eigenvalue weighted by molar-refractivity contribution is 5.76. The highest BCUT2D eigenvalue weighted by atomic mass is 16.5. The third kappa shape index (κ3) is 29.9. The molecule has 7 heteroatoms. The van der Waals surface area contributed by atoms with Crippen LogP contribution >= 0.6 is 0 Å². The van der Waals surface area contributed by atoms with Gasteiger partial charge in [0.15, 0.2) is 0 Å².